The van der Waals surface area contributed by atoms with Crippen molar-refractivity contribution < 1.29 is 9.59 Å². The first-order valence-corrected chi connectivity index (χ1v) is 6.19. The topological polar surface area (TPSA) is 37.4 Å². The van der Waals surface area contributed by atoms with Gasteiger partial charge in [-0.1, -0.05) is 30.3 Å². The maximum Gasteiger partial charge on any atom is 0.228 e. The zero-order chi connectivity index (χ0) is 13.4. The van der Waals surface area contributed by atoms with Crippen molar-refractivity contribution in [2.75, 3.05) is 4.90 Å². The van der Waals surface area contributed by atoms with Gasteiger partial charge in [0.05, 0.1) is 11.4 Å². The van der Waals surface area contributed by atoms with E-state index in [1.807, 2.05) is 42.5 Å². The van der Waals surface area contributed by atoms with E-state index < -0.39 is 0 Å². The SMILES string of the molecule is CC(=O)N1c2ccccc2CC(=O)c2ccccc21. The number of nitrogens with zero attached hydrogens (tertiary/aromatic N) is 1. The Hall–Kier alpha value is -2.42. The average Bonchev–Trinajstić information content (AvgIpc) is 2.53. The van der Waals surface area contributed by atoms with Gasteiger partial charge >= 0.3 is 0 Å². The third kappa shape index (κ3) is 1.83. The Morgan fingerprint density at radius 1 is 1.00 bits per heavy atom. The van der Waals surface area contributed by atoms with E-state index in [1.165, 1.54) is 6.92 Å². The van der Waals surface area contributed by atoms with Crippen LogP contribution in [0, 0.1) is 0 Å². The predicted octanol–water partition coefficient (Wildman–Crippen LogP) is 3.11. The van der Waals surface area contributed by atoms with Gasteiger partial charge in [0.25, 0.3) is 0 Å². The number of anilines is 2. The molecule has 2 aromatic rings. The van der Waals surface area contributed by atoms with Crippen molar-refractivity contribution in [3.63, 3.8) is 0 Å². The summed E-state index contributed by atoms with van der Waals surface area (Å²) in [6.45, 7) is 1.52. The molecule has 1 amide bonds. The van der Waals surface area contributed by atoms with Crippen LogP contribution >= 0.6 is 0 Å². The Morgan fingerprint density at radius 3 is 2.37 bits per heavy atom. The van der Waals surface area contributed by atoms with Crippen molar-refractivity contribution in [3.8, 4) is 0 Å². The summed E-state index contributed by atoms with van der Waals surface area (Å²) in [5.41, 5.74) is 2.96. The Labute approximate surface area is 111 Å². The van der Waals surface area contributed by atoms with Crippen LogP contribution < -0.4 is 4.90 Å². The molecule has 0 spiro atoms. The zero-order valence-electron chi connectivity index (χ0n) is 10.6. The maximum atomic E-state index is 12.3. The number of carbonyl (C=O) groups excluding carboxylic acids is 2. The van der Waals surface area contributed by atoms with Crippen molar-refractivity contribution in [1.82, 2.24) is 0 Å². The van der Waals surface area contributed by atoms with Crippen LogP contribution in [0.2, 0.25) is 0 Å². The highest BCUT2D eigenvalue weighted by Gasteiger charge is 2.26. The molecule has 3 nitrogen and oxygen atoms in total. The molecule has 3 heteroatoms. The number of amides is 1. The number of benzene rings is 2. The normalized spacial score (nSPS) is 13.5. The molecular weight excluding hydrogens is 238 g/mol. The second-order valence-corrected chi connectivity index (χ2v) is 4.60. The number of ketones is 1. The Bertz CT molecular complexity index is 676. The van der Waals surface area contributed by atoms with Gasteiger partial charge in [-0.2, -0.15) is 0 Å². The van der Waals surface area contributed by atoms with Gasteiger partial charge in [0.1, 0.15) is 0 Å². The number of hydrogen-bond donors (Lipinski definition) is 0. The highest BCUT2D eigenvalue weighted by atomic mass is 16.2. The minimum atomic E-state index is -0.0883. The monoisotopic (exact) mass is 251 g/mol. The molecule has 0 saturated heterocycles. The number of carbonyl (C=O) groups is 2. The molecule has 0 fully saturated rings. The van der Waals surface area contributed by atoms with Crippen LogP contribution in [-0.2, 0) is 11.2 Å². The molecule has 0 N–H and O–H groups in total. The summed E-state index contributed by atoms with van der Waals surface area (Å²) in [6, 6.07) is 14.8. The summed E-state index contributed by atoms with van der Waals surface area (Å²) < 4.78 is 0. The lowest BCUT2D eigenvalue weighted by Crippen LogP contribution is -2.23. The van der Waals surface area contributed by atoms with Gasteiger partial charge in [-0.05, 0) is 23.8 Å². The van der Waals surface area contributed by atoms with E-state index in [4.69, 9.17) is 0 Å². The predicted molar refractivity (Wildman–Crippen MR) is 73.7 cm³/mol. The lowest BCUT2D eigenvalue weighted by Gasteiger charge is -2.22. The van der Waals surface area contributed by atoms with E-state index >= 15 is 0 Å². The highest BCUT2D eigenvalue weighted by molar-refractivity contribution is 6.11. The molecule has 94 valence electrons. The van der Waals surface area contributed by atoms with E-state index in [2.05, 4.69) is 0 Å². The summed E-state index contributed by atoms with van der Waals surface area (Å²) in [4.78, 5) is 25.9. The fraction of sp³-hybridized carbons (Fsp3) is 0.125. The van der Waals surface area contributed by atoms with Crippen LogP contribution in [0.1, 0.15) is 22.8 Å². The van der Waals surface area contributed by atoms with E-state index in [0.717, 1.165) is 11.3 Å². The third-order valence-electron chi connectivity index (χ3n) is 3.34. The van der Waals surface area contributed by atoms with Gasteiger partial charge in [-0.15, -0.1) is 0 Å². The largest absolute Gasteiger partial charge is 0.294 e. The van der Waals surface area contributed by atoms with Gasteiger partial charge in [0.15, 0.2) is 5.78 Å². The van der Waals surface area contributed by atoms with Gasteiger partial charge < -0.3 is 0 Å². The number of hydrogen-bond acceptors (Lipinski definition) is 2. The standard InChI is InChI=1S/C16H13NO2/c1-11(18)17-14-8-4-2-6-12(14)10-16(19)13-7-3-5-9-15(13)17/h2-9H,10H2,1H3. The number of rotatable bonds is 0. The second-order valence-electron chi connectivity index (χ2n) is 4.60. The quantitative estimate of drug-likeness (QED) is 0.721. The summed E-state index contributed by atoms with van der Waals surface area (Å²) in [7, 11) is 0. The van der Waals surface area contributed by atoms with Crippen molar-refractivity contribution in [2.45, 2.75) is 13.3 Å². The first-order valence-electron chi connectivity index (χ1n) is 6.19. The van der Waals surface area contributed by atoms with Gasteiger partial charge in [-0.25, -0.2) is 0 Å². The lowest BCUT2D eigenvalue weighted by molar-refractivity contribution is -0.115. The van der Waals surface area contributed by atoms with Crippen LogP contribution in [0.4, 0.5) is 11.4 Å². The lowest BCUT2D eigenvalue weighted by atomic mass is 10.0. The molecule has 0 saturated carbocycles. The number of para-hydroxylation sites is 2. The van der Waals surface area contributed by atoms with Crippen LogP contribution in [0.25, 0.3) is 0 Å². The van der Waals surface area contributed by atoms with Crippen LogP contribution in [0.3, 0.4) is 0 Å². The summed E-state index contributed by atoms with van der Waals surface area (Å²) >= 11 is 0. The summed E-state index contributed by atoms with van der Waals surface area (Å²) in [5.74, 6) is -0.0404. The summed E-state index contributed by atoms with van der Waals surface area (Å²) in [5, 5.41) is 0. The smallest absolute Gasteiger partial charge is 0.228 e. The second kappa shape index (κ2) is 4.35. The van der Waals surface area contributed by atoms with Crippen LogP contribution in [0.15, 0.2) is 48.5 Å². The molecule has 0 aliphatic carbocycles. The van der Waals surface area contributed by atoms with Crippen LogP contribution in [-0.4, -0.2) is 11.7 Å². The van der Waals surface area contributed by atoms with E-state index in [1.54, 1.807) is 11.0 Å². The molecule has 1 aliphatic rings. The average molecular weight is 251 g/mol. The fourth-order valence-electron chi connectivity index (χ4n) is 2.52. The Balaban J connectivity index is 2.32. The highest BCUT2D eigenvalue weighted by Crippen LogP contribution is 2.35. The van der Waals surface area contributed by atoms with Crippen molar-refractivity contribution in [3.05, 3.63) is 59.7 Å². The number of fused-ring (bicyclic) bond motifs is 2. The molecule has 2 aromatic carbocycles. The molecule has 19 heavy (non-hydrogen) atoms. The summed E-state index contributed by atoms with van der Waals surface area (Å²) in [6.07, 6.45) is 0.330. The number of Topliss-reactive ketones (excluding diaryl/α,β-unsaturated/α-hetero) is 1. The molecule has 0 unspecified atom stereocenters. The van der Waals surface area contributed by atoms with Crippen LogP contribution in [0.5, 0.6) is 0 Å². The first kappa shape index (κ1) is 11.7. The molecule has 3 rings (SSSR count). The van der Waals surface area contributed by atoms with Gasteiger partial charge in [0.2, 0.25) is 5.91 Å². The minimum absolute atomic E-state index is 0.0480. The minimum Gasteiger partial charge on any atom is -0.294 e. The molecule has 0 aromatic heterocycles. The van der Waals surface area contributed by atoms with Gasteiger partial charge in [0, 0.05) is 18.9 Å². The molecular formula is C16H13NO2. The van der Waals surface area contributed by atoms with E-state index in [-0.39, 0.29) is 11.7 Å². The van der Waals surface area contributed by atoms with Crippen molar-refractivity contribution in [2.24, 2.45) is 0 Å². The molecule has 1 heterocycles. The maximum absolute atomic E-state index is 12.3. The van der Waals surface area contributed by atoms with Gasteiger partial charge in [-0.3, -0.25) is 14.5 Å². The van der Waals surface area contributed by atoms with Crippen molar-refractivity contribution in [1.29, 1.82) is 0 Å². The Morgan fingerprint density at radius 2 is 1.63 bits per heavy atom. The van der Waals surface area contributed by atoms with E-state index in [0.29, 0.717) is 17.7 Å². The molecule has 0 atom stereocenters. The fourth-order valence-corrected chi connectivity index (χ4v) is 2.52. The molecule has 1 aliphatic heterocycles. The Kier molecular flexibility index (Phi) is 2.67. The van der Waals surface area contributed by atoms with Crippen molar-refractivity contribution >= 4 is 23.1 Å². The molecule has 0 bridgehead atoms. The van der Waals surface area contributed by atoms with E-state index in [9.17, 15) is 9.59 Å². The third-order valence-corrected chi connectivity index (χ3v) is 3.34. The first-order chi connectivity index (χ1) is 9.18. The molecule has 0 radical (unpaired) electrons. The zero-order valence-corrected chi connectivity index (χ0v) is 10.6.